The standard InChI is InChI=1S/C38H46F2N10O3/c1-24(51)48-15-9-33-32(23-48)36(49-10-3-4-26-16-30(28-20-43-45(2)22-28)31(35(39)40)17-34(26)49)44-50(33)29-7-11-46(12-8-29)21-25-5-13-47(14-6-25)38-41-18-27(19-42-38)37(52)53/h16-20,22,25,29,35H,3-15,21,23H2,1-2H3,(H,52,53). The van der Waals surface area contributed by atoms with Crippen molar-refractivity contribution in [1.82, 2.24) is 39.3 Å². The lowest BCUT2D eigenvalue weighted by molar-refractivity contribution is -0.129. The minimum absolute atomic E-state index is 0.0110. The zero-order valence-corrected chi connectivity index (χ0v) is 30.3. The predicted octanol–water partition coefficient (Wildman–Crippen LogP) is 5.25. The molecule has 3 aromatic heterocycles. The Morgan fingerprint density at radius 2 is 1.72 bits per heavy atom. The van der Waals surface area contributed by atoms with Gasteiger partial charge in [0.25, 0.3) is 6.43 Å². The molecule has 280 valence electrons. The van der Waals surface area contributed by atoms with Crippen LogP contribution in [0.15, 0.2) is 36.9 Å². The van der Waals surface area contributed by atoms with Crippen molar-refractivity contribution in [2.24, 2.45) is 13.0 Å². The topological polar surface area (TPSA) is 129 Å². The van der Waals surface area contributed by atoms with E-state index in [1.165, 1.54) is 12.4 Å². The molecular formula is C38H46F2N10O3. The normalized spacial score (nSPS) is 18.8. The maximum Gasteiger partial charge on any atom is 0.338 e. The summed E-state index contributed by atoms with van der Waals surface area (Å²) >= 11 is 0. The molecule has 1 N–H and O–H groups in total. The molecule has 4 aromatic rings. The van der Waals surface area contributed by atoms with Crippen molar-refractivity contribution in [2.75, 3.05) is 55.6 Å². The second-order valence-electron chi connectivity index (χ2n) is 14.9. The second kappa shape index (κ2) is 14.5. The molecule has 53 heavy (non-hydrogen) atoms. The van der Waals surface area contributed by atoms with E-state index in [-0.39, 0.29) is 23.1 Å². The number of anilines is 3. The van der Waals surface area contributed by atoms with Gasteiger partial charge in [0.2, 0.25) is 11.9 Å². The Morgan fingerprint density at radius 1 is 0.962 bits per heavy atom. The van der Waals surface area contributed by atoms with Crippen LogP contribution in [0.4, 0.5) is 26.2 Å². The molecule has 1 amide bonds. The van der Waals surface area contributed by atoms with E-state index in [4.69, 9.17) is 10.2 Å². The van der Waals surface area contributed by atoms with Gasteiger partial charge in [-0.15, -0.1) is 0 Å². The number of aromatic carboxylic acids is 1. The van der Waals surface area contributed by atoms with E-state index in [2.05, 4.69) is 34.4 Å². The molecule has 0 unspecified atom stereocenters. The predicted molar refractivity (Wildman–Crippen MR) is 195 cm³/mol. The number of piperidine rings is 2. The fourth-order valence-corrected chi connectivity index (χ4v) is 8.70. The number of likely N-dealkylation sites (tertiary alicyclic amines) is 1. The van der Waals surface area contributed by atoms with Crippen molar-refractivity contribution >= 4 is 29.3 Å². The van der Waals surface area contributed by atoms with Gasteiger partial charge in [-0.1, -0.05) is 0 Å². The molecule has 2 fully saturated rings. The molecule has 8 rings (SSSR count). The molecule has 7 heterocycles. The molecule has 4 aliphatic heterocycles. The lowest BCUT2D eigenvalue weighted by Crippen LogP contribution is -2.42. The quantitative estimate of drug-likeness (QED) is 0.257. The summed E-state index contributed by atoms with van der Waals surface area (Å²) in [4.78, 5) is 41.0. The van der Waals surface area contributed by atoms with Crippen molar-refractivity contribution in [3.8, 4) is 11.1 Å². The molecule has 0 saturated carbocycles. The Kier molecular flexibility index (Phi) is 9.60. The molecule has 1 aromatic carbocycles. The van der Waals surface area contributed by atoms with E-state index in [0.29, 0.717) is 49.0 Å². The van der Waals surface area contributed by atoms with Crippen LogP contribution in [-0.2, 0) is 31.2 Å². The summed E-state index contributed by atoms with van der Waals surface area (Å²) < 4.78 is 33.1. The zero-order valence-electron chi connectivity index (χ0n) is 30.3. The van der Waals surface area contributed by atoms with Crippen LogP contribution in [0.5, 0.6) is 0 Å². The first-order valence-electron chi connectivity index (χ1n) is 18.7. The van der Waals surface area contributed by atoms with E-state index in [0.717, 1.165) is 99.6 Å². The summed E-state index contributed by atoms with van der Waals surface area (Å²) in [6.07, 6.45) is 9.86. The lowest BCUT2D eigenvalue weighted by Gasteiger charge is -2.38. The summed E-state index contributed by atoms with van der Waals surface area (Å²) in [5, 5.41) is 18.7. The molecule has 0 radical (unpaired) electrons. The van der Waals surface area contributed by atoms with Gasteiger partial charge in [0.1, 0.15) is 0 Å². The number of hydrogen-bond acceptors (Lipinski definition) is 9. The van der Waals surface area contributed by atoms with E-state index in [9.17, 15) is 18.4 Å². The molecule has 4 aliphatic rings. The van der Waals surface area contributed by atoms with Crippen molar-refractivity contribution in [1.29, 1.82) is 0 Å². The molecule has 15 heteroatoms. The van der Waals surface area contributed by atoms with E-state index in [1.807, 2.05) is 11.0 Å². The Morgan fingerprint density at radius 3 is 2.38 bits per heavy atom. The number of carboxylic acids is 1. The van der Waals surface area contributed by atoms with Crippen molar-refractivity contribution in [3.63, 3.8) is 0 Å². The van der Waals surface area contributed by atoms with E-state index < -0.39 is 12.4 Å². The lowest BCUT2D eigenvalue weighted by atomic mass is 9.92. The van der Waals surface area contributed by atoms with E-state index in [1.54, 1.807) is 37.1 Å². The SMILES string of the molecule is CC(=O)N1CCc2c(c(N3CCCc4cc(-c5cnn(C)c5)c(C(F)F)cc43)nn2C2CCN(CC3CCN(c4ncc(C(=O)O)cn4)CC3)CC2)C1. The molecule has 0 atom stereocenters. The van der Waals surface area contributed by atoms with Crippen LogP contribution in [0, 0.1) is 5.92 Å². The number of carboxylic acid groups (broad SMARTS) is 1. The number of aromatic nitrogens is 6. The van der Waals surface area contributed by atoms with Gasteiger partial charge in [-0.2, -0.15) is 10.2 Å². The number of nitrogens with zero attached hydrogens (tertiary/aromatic N) is 10. The van der Waals surface area contributed by atoms with Gasteiger partial charge in [0.05, 0.1) is 24.3 Å². The first kappa shape index (κ1) is 35.1. The van der Waals surface area contributed by atoms with E-state index >= 15 is 0 Å². The summed E-state index contributed by atoms with van der Waals surface area (Å²) in [7, 11) is 1.79. The number of alkyl halides is 2. The van der Waals surface area contributed by atoms with Gasteiger partial charge in [0, 0.05) is 113 Å². The molecule has 0 aliphatic carbocycles. The summed E-state index contributed by atoms with van der Waals surface area (Å²) in [5.41, 5.74) is 5.26. The highest BCUT2D eigenvalue weighted by atomic mass is 19.3. The third-order valence-corrected chi connectivity index (χ3v) is 11.6. The number of fused-ring (bicyclic) bond motifs is 2. The van der Waals surface area contributed by atoms with Crippen LogP contribution in [0.25, 0.3) is 11.1 Å². The number of amides is 1. The number of rotatable bonds is 8. The van der Waals surface area contributed by atoms with Crippen molar-refractivity contribution < 1.29 is 23.5 Å². The minimum Gasteiger partial charge on any atom is -0.478 e. The third kappa shape index (κ3) is 6.98. The highest BCUT2D eigenvalue weighted by Gasteiger charge is 2.35. The summed E-state index contributed by atoms with van der Waals surface area (Å²) in [6.45, 7) is 8.04. The van der Waals surface area contributed by atoms with Gasteiger partial charge in [-0.05, 0) is 67.7 Å². The minimum atomic E-state index is -2.65. The van der Waals surface area contributed by atoms with Crippen molar-refractivity contribution in [3.05, 3.63) is 64.9 Å². The van der Waals surface area contributed by atoms with Crippen molar-refractivity contribution in [2.45, 2.75) is 70.9 Å². The number of carbonyl (C=O) groups is 2. The Hall–Kier alpha value is -4.92. The number of carbonyl (C=O) groups excluding carboxylic acids is 1. The molecule has 0 spiro atoms. The highest BCUT2D eigenvalue weighted by molar-refractivity contribution is 5.86. The Labute approximate surface area is 307 Å². The number of benzene rings is 1. The van der Waals surface area contributed by atoms with Gasteiger partial charge in [-0.25, -0.2) is 23.5 Å². The van der Waals surface area contributed by atoms with Gasteiger partial charge in [-0.3, -0.25) is 14.2 Å². The zero-order chi connectivity index (χ0) is 36.8. The molecule has 0 bridgehead atoms. The monoisotopic (exact) mass is 728 g/mol. The number of aryl methyl sites for hydroxylation is 2. The molecule has 2 saturated heterocycles. The fourth-order valence-electron chi connectivity index (χ4n) is 8.70. The number of halogens is 2. The summed E-state index contributed by atoms with van der Waals surface area (Å²) in [5.74, 6) is 0.939. The van der Waals surface area contributed by atoms with Crippen LogP contribution >= 0.6 is 0 Å². The van der Waals surface area contributed by atoms with Gasteiger partial charge < -0.3 is 24.7 Å². The largest absolute Gasteiger partial charge is 0.478 e. The molecular weight excluding hydrogens is 682 g/mol. The van der Waals surface area contributed by atoms with Gasteiger partial charge >= 0.3 is 5.97 Å². The summed E-state index contributed by atoms with van der Waals surface area (Å²) in [6, 6.07) is 3.79. The van der Waals surface area contributed by atoms with Crippen LogP contribution < -0.4 is 9.80 Å². The van der Waals surface area contributed by atoms with Crippen LogP contribution in [0.2, 0.25) is 0 Å². The highest BCUT2D eigenvalue weighted by Crippen LogP contribution is 2.43. The maximum absolute atomic E-state index is 14.6. The second-order valence-corrected chi connectivity index (χ2v) is 14.9. The molecule has 13 nitrogen and oxygen atoms in total. The fraction of sp³-hybridized carbons (Fsp3) is 0.526. The maximum atomic E-state index is 14.6. The average Bonchev–Trinajstić information content (AvgIpc) is 3.78. The first-order valence-corrected chi connectivity index (χ1v) is 18.7. The third-order valence-electron chi connectivity index (χ3n) is 11.6. The Bertz CT molecular complexity index is 1980. The average molecular weight is 729 g/mol. The smallest absolute Gasteiger partial charge is 0.338 e. The van der Waals surface area contributed by atoms with Gasteiger partial charge in [0.15, 0.2) is 5.82 Å². The Balaban J connectivity index is 0.989. The number of hydrogen-bond donors (Lipinski definition) is 1. The first-order chi connectivity index (χ1) is 25.6. The van der Waals surface area contributed by atoms with Crippen LogP contribution in [0.3, 0.4) is 0 Å². The van der Waals surface area contributed by atoms with Crippen LogP contribution in [-0.4, -0.2) is 102 Å². The van der Waals surface area contributed by atoms with Crippen LogP contribution in [0.1, 0.15) is 84.2 Å².